The Morgan fingerprint density at radius 2 is 2.29 bits per heavy atom. The van der Waals surface area contributed by atoms with Crippen LogP contribution in [-0.2, 0) is 9.47 Å². The Bertz CT molecular complexity index is 519. The molecule has 0 aliphatic carbocycles. The summed E-state index contributed by atoms with van der Waals surface area (Å²) in [6.07, 6.45) is 1.58. The van der Waals surface area contributed by atoms with Crippen LogP contribution in [0.2, 0.25) is 0 Å². The zero-order valence-electron chi connectivity index (χ0n) is 9.56. The number of anilines is 1. The average Bonchev–Trinajstić information content (AvgIpc) is 2.97. The van der Waals surface area contributed by atoms with Crippen molar-refractivity contribution in [1.29, 1.82) is 0 Å². The largest absolute Gasteiger partial charge is 0.379 e. The summed E-state index contributed by atoms with van der Waals surface area (Å²) in [6.45, 7) is 3.94. The molecule has 3 heterocycles. The van der Waals surface area contributed by atoms with Crippen LogP contribution in [0.1, 0.15) is 5.69 Å². The van der Waals surface area contributed by atoms with E-state index < -0.39 is 0 Å². The van der Waals surface area contributed by atoms with Crippen molar-refractivity contribution in [2.75, 3.05) is 25.1 Å². The summed E-state index contributed by atoms with van der Waals surface area (Å²) in [5, 5.41) is 11.4. The van der Waals surface area contributed by atoms with Crippen molar-refractivity contribution in [1.82, 2.24) is 15.2 Å². The number of aromatic amines is 1. The SMILES string of the molecule is Cc1[nH]nc2nccc(NCC3OCCO3)c12. The summed E-state index contributed by atoms with van der Waals surface area (Å²) in [7, 11) is 0. The first-order valence-electron chi connectivity index (χ1n) is 5.61. The van der Waals surface area contributed by atoms with Crippen LogP contribution in [0.5, 0.6) is 0 Å². The molecule has 1 fully saturated rings. The first kappa shape index (κ1) is 10.5. The van der Waals surface area contributed by atoms with E-state index in [1.54, 1.807) is 6.20 Å². The van der Waals surface area contributed by atoms with Crippen LogP contribution in [0.4, 0.5) is 5.69 Å². The van der Waals surface area contributed by atoms with Crippen LogP contribution in [-0.4, -0.2) is 41.2 Å². The second kappa shape index (κ2) is 4.31. The molecule has 6 nitrogen and oxygen atoms in total. The van der Waals surface area contributed by atoms with Gasteiger partial charge < -0.3 is 14.8 Å². The normalized spacial score (nSPS) is 16.8. The molecule has 1 saturated heterocycles. The second-order valence-corrected chi connectivity index (χ2v) is 3.96. The van der Waals surface area contributed by atoms with Crippen molar-refractivity contribution in [2.45, 2.75) is 13.2 Å². The number of fused-ring (bicyclic) bond motifs is 1. The lowest BCUT2D eigenvalue weighted by molar-refractivity contribution is -0.0299. The van der Waals surface area contributed by atoms with Gasteiger partial charge in [0.05, 0.1) is 25.1 Å². The van der Waals surface area contributed by atoms with Gasteiger partial charge in [0.25, 0.3) is 0 Å². The smallest absolute Gasteiger partial charge is 0.183 e. The molecule has 17 heavy (non-hydrogen) atoms. The van der Waals surface area contributed by atoms with E-state index in [4.69, 9.17) is 9.47 Å². The first-order chi connectivity index (χ1) is 8.34. The van der Waals surface area contributed by atoms with Gasteiger partial charge in [0.1, 0.15) is 0 Å². The van der Waals surface area contributed by atoms with E-state index in [-0.39, 0.29) is 6.29 Å². The highest BCUT2D eigenvalue weighted by Crippen LogP contribution is 2.23. The predicted octanol–water partition coefficient (Wildman–Crippen LogP) is 1.05. The summed E-state index contributed by atoms with van der Waals surface area (Å²) in [5.74, 6) is 0. The topological polar surface area (TPSA) is 72.1 Å². The Morgan fingerprint density at radius 3 is 3.12 bits per heavy atom. The zero-order chi connectivity index (χ0) is 11.7. The van der Waals surface area contributed by atoms with Crippen molar-refractivity contribution < 1.29 is 9.47 Å². The van der Waals surface area contributed by atoms with Gasteiger partial charge in [-0.05, 0) is 13.0 Å². The Hall–Kier alpha value is -1.66. The van der Waals surface area contributed by atoms with Gasteiger partial charge in [0.2, 0.25) is 0 Å². The lowest BCUT2D eigenvalue weighted by Crippen LogP contribution is -2.20. The fourth-order valence-corrected chi connectivity index (χ4v) is 1.96. The number of ether oxygens (including phenoxy) is 2. The van der Waals surface area contributed by atoms with Crippen LogP contribution < -0.4 is 5.32 Å². The standard InChI is InChI=1S/C11H14N4O2/c1-7-10-8(2-3-12-11(10)15-14-7)13-6-9-16-4-5-17-9/h2-3,9H,4-6H2,1H3,(H2,12,13,14,15). The van der Waals surface area contributed by atoms with Crippen molar-refractivity contribution in [2.24, 2.45) is 0 Å². The number of rotatable bonds is 3. The maximum absolute atomic E-state index is 5.37. The molecule has 0 aromatic carbocycles. The monoisotopic (exact) mass is 234 g/mol. The number of aryl methyl sites for hydroxylation is 1. The Kier molecular flexibility index (Phi) is 2.66. The van der Waals surface area contributed by atoms with Crippen molar-refractivity contribution in [3.63, 3.8) is 0 Å². The third-order valence-corrected chi connectivity index (χ3v) is 2.79. The molecule has 90 valence electrons. The third kappa shape index (κ3) is 1.96. The molecule has 1 aliphatic rings. The molecule has 1 aliphatic heterocycles. The number of pyridine rings is 1. The minimum atomic E-state index is -0.162. The highest BCUT2D eigenvalue weighted by molar-refractivity contribution is 5.90. The van der Waals surface area contributed by atoms with Gasteiger partial charge in [0.15, 0.2) is 11.9 Å². The van der Waals surface area contributed by atoms with Crippen molar-refractivity contribution >= 4 is 16.7 Å². The number of hydrogen-bond donors (Lipinski definition) is 2. The van der Waals surface area contributed by atoms with E-state index in [0.717, 1.165) is 22.4 Å². The summed E-state index contributed by atoms with van der Waals surface area (Å²) in [6, 6.07) is 1.93. The number of nitrogens with one attached hydrogen (secondary N) is 2. The molecule has 2 aromatic rings. The first-order valence-corrected chi connectivity index (χ1v) is 5.61. The van der Waals surface area contributed by atoms with Gasteiger partial charge in [-0.3, -0.25) is 5.10 Å². The fraction of sp³-hybridized carbons (Fsp3) is 0.455. The molecule has 2 aromatic heterocycles. The molecule has 0 atom stereocenters. The molecule has 0 bridgehead atoms. The number of H-pyrrole nitrogens is 1. The number of aromatic nitrogens is 3. The van der Waals surface area contributed by atoms with E-state index in [1.165, 1.54) is 0 Å². The molecular formula is C11H14N4O2. The van der Waals surface area contributed by atoms with Gasteiger partial charge in [0, 0.05) is 17.6 Å². The highest BCUT2D eigenvalue weighted by Gasteiger charge is 2.16. The van der Waals surface area contributed by atoms with Crippen LogP contribution in [0.25, 0.3) is 11.0 Å². The van der Waals surface area contributed by atoms with Gasteiger partial charge >= 0.3 is 0 Å². The summed E-state index contributed by atoms with van der Waals surface area (Å²) in [4.78, 5) is 4.20. The van der Waals surface area contributed by atoms with Gasteiger partial charge in [-0.1, -0.05) is 0 Å². The van der Waals surface area contributed by atoms with E-state index >= 15 is 0 Å². The quantitative estimate of drug-likeness (QED) is 0.830. The molecule has 0 radical (unpaired) electrons. The Balaban J connectivity index is 1.81. The van der Waals surface area contributed by atoms with E-state index in [9.17, 15) is 0 Å². The molecule has 0 unspecified atom stereocenters. The molecule has 0 saturated carbocycles. The van der Waals surface area contributed by atoms with Gasteiger partial charge in [-0.2, -0.15) is 5.10 Å². The second-order valence-electron chi connectivity index (χ2n) is 3.96. The fourth-order valence-electron chi connectivity index (χ4n) is 1.96. The van der Waals surface area contributed by atoms with Crippen LogP contribution >= 0.6 is 0 Å². The zero-order valence-corrected chi connectivity index (χ0v) is 9.56. The molecule has 2 N–H and O–H groups in total. The molecule has 6 heteroatoms. The average molecular weight is 234 g/mol. The maximum Gasteiger partial charge on any atom is 0.183 e. The lowest BCUT2D eigenvalue weighted by atomic mass is 10.2. The van der Waals surface area contributed by atoms with Crippen molar-refractivity contribution in [3.05, 3.63) is 18.0 Å². The van der Waals surface area contributed by atoms with Crippen LogP contribution in [0.15, 0.2) is 12.3 Å². The van der Waals surface area contributed by atoms with E-state index in [0.29, 0.717) is 19.8 Å². The minimum absolute atomic E-state index is 0.162. The van der Waals surface area contributed by atoms with Crippen LogP contribution in [0, 0.1) is 6.92 Å². The summed E-state index contributed by atoms with van der Waals surface area (Å²) >= 11 is 0. The van der Waals surface area contributed by atoms with E-state index in [1.807, 2.05) is 13.0 Å². The number of nitrogens with zero attached hydrogens (tertiary/aromatic N) is 2. The maximum atomic E-state index is 5.37. The van der Waals surface area contributed by atoms with E-state index in [2.05, 4.69) is 20.5 Å². The molecule has 0 amide bonds. The minimum Gasteiger partial charge on any atom is -0.379 e. The molecule has 0 spiro atoms. The van der Waals surface area contributed by atoms with Crippen molar-refractivity contribution in [3.8, 4) is 0 Å². The third-order valence-electron chi connectivity index (χ3n) is 2.79. The van der Waals surface area contributed by atoms with Gasteiger partial charge in [-0.25, -0.2) is 4.98 Å². The van der Waals surface area contributed by atoms with Crippen LogP contribution in [0.3, 0.4) is 0 Å². The predicted molar refractivity (Wildman–Crippen MR) is 62.8 cm³/mol. The molecular weight excluding hydrogens is 220 g/mol. The van der Waals surface area contributed by atoms with Gasteiger partial charge in [-0.15, -0.1) is 0 Å². The molecule has 3 rings (SSSR count). The summed E-state index contributed by atoms with van der Waals surface area (Å²) in [5.41, 5.74) is 2.73. The Morgan fingerprint density at radius 1 is 1.47 bits per heavy atom. The lowest BCUT2D eigenvalue weighted by Gasteiger charge is -2.12. The Labute approximate surface area is 98.3 Å². The summed E-state index contributed by atoms with van der Waals surface area (Å²) < 4.78 is 10.7. The highest BCUT2D eigenvalue weighted by atomic mass is 16.7. The number of hydrogen-bond acceptors (Lipinski definition) is 5.